The lowest BCUT2D eigenvalue weighted by molar-refractivity contribution is 0.106. The van der Waals surface area contributed by atoms with Gasteiger partial charge in [-0.25, -0.2) is 0 Å². The van der Waals surface area contributed by atoms with Gasteiger partial charge in [0.15, 0.2) is 11.5 Å². The maximum absolute atomic E-state index is 11.7. The topological polar surface area (TPSA) is 81.9 Å². The van der Waals surface area contributed by atoms with E-state index >= 15 is 0 Å². The number of nitrogens with one attached hydrogen (secondary N) is 1. The third-order valence-electron chi connectivity index (χ3n) is 5.49. The van der Waals surface area contributed by atoms with Crippen LogP contribution < -0.4 is 19.5 Å². The van der Waals surface area contributed by atoms with Crippen molar-refractivity contribution in [3.8, 4) is 17.2 Å². The molecule has 0 saturated carbocycles. The van der Waals surface area contributed by atoms with E-state index in [0.717, 1.165) is 41.4 Å². The average Bonchev–Trinajstić information content (AvgIpc) is 3.17. The molecule has 2 aromatic carbocycles. The molecule has 0 aliphatic heterocycles. The van der Waals surface area contributed by atoms with Gasteiger partial charge >= 0.3 is 0 Å². The predicted molar refractivity (Wildman–Crippen MR) is 124 cm³/mol. The highest BCUT2D eigenvalue weighted by Gasteiger charge is 2.20. The fourth-order valence-corrected chi connectivity index (χ4v) is 3.99. The molecule has 1 aliphatic rings. The monoisotopic (exact) mass is 436 g/mol. The Kier molecular flexibility index (Phi) is 7.09. The fourth-order valence-electron chi connectivity index (χ4n) is 3.99. The molecular formula is C25H28N2O5. The van der Waals surface area contributed by atoms with E-state index in [2.05, 4.69) is 11.4 Å². The summed E-state index contributed by atoms with van der Waals surface area (Å²) in [6.07, 6.45) is 6.07. The van der Waals surface area contributed by atoms with Crippen LogP contribution in [0.1, 0.15) is 17.7 Å². The van der Waals surface area contributed by atoms with Crippen molar-refractivity contribution in [3.63, 3.8) is 0 Å². The number of fused-ring (bicyclic) bond motifs is 3. The van der Waals surface area contributed by atoms with E-state index < -0.39 is 6.10 Å². The lowest BCUT2D eigenvalue weighted by atomic mass is 10.0. The second-order valence-corrected chi connectivity index (χ2v) is 7.60. The Morgan fingerprint density at radius 3 is 2.75 bits per heavy atom. The summed E-state index contributed by atoms with van der Waals surface area (Å²) in [6, 6.07) is 13.1. The molecule has 32 heavy (non-hydrogen) atoms. The molecule has 0 saturated heterocycles. The van der Waals surface area contributed by atoms with E-state index in [-0.39, 0.29) is 6.61 Å². The molecule has 2 N–H and O–H groups in total. The third-order valence-corrected chi connectivity index (χ3v) is 5.49. The molecule has 0 spiro atoms. The van der Waals surface area contributed by atoms with Gasteiger partial charge in [-0.3, -0.25) is 9.36 Å². The first-order valence-corrected chi connectivity index (χ1v) is 10.8. The molecule has 1 heterocycles. The summed E-state index contributed by atoms with van der Waals surface area (Å²) in [5.74, 6) is 2.05. The highest BCUT2D eigenvalue weighted by molar-refractivity contribution is 5.99. The number of ether oxygens (including phenoxy) is 3. The van der Waals surface area contributed by atoms with Crippen LogP contribution in [-0.2, 0) is 11.2 Å². The average molecular weight is 437 g/mol. The SMILES string of the molecule is COc1ccccc1OCCNCC(O)COc1cccc2c1c1c(n2C=O)CCC=C1. The molecule has 1 aromatic heterocycles. The van der Waals surface area contributed by atoms with E-state index in [4.69, 9.17) is 14.2 Å². The Hall–Kier alpha value is -3.29. The number of hydrogen-bond donors (Lipinski definition) is 2. The first kappa shape index (κ1) is 21.9. The zero-order chi connectivity index (χ0) is 22.3. The van der Waals surface area contributed by atoms with Gasteiger partial charge in [0.1, 0.15) is 25.1 Å². The van der Waals surface area contributed by atoms with Gasteiger partial charge in [0.2, 0.25) is 6.41 Å². The summed E-state index contributed by atoms with van der Waals surface area (Å²) in [4.78, 5) is 11.7. The second kappa shape index (κ2) is 10.3. The molecule has 4 rings (SSSR count). The van der Waals surface area contributed by atoms with Crippen LogP contribution in [0.3, 0.4) is 0 Å². The number of nitrogens with zero attached hydrogens (tertiary/aromatic N) is 1. The molecule has 0 fully saturated rings. The van der Waals surface area contributed by atoms with Crippen LogP contribution >= 0.6 is 0 Å². The van der Waals surface area contributed by atoms with Gasteiger partial charge in [-0.05, 0) is 37.1 Å². The normalized spacial score (nSPS) is 13.6. The van der Waals surface area contributed by atoms with Crippen LogP contribution in [0.25, 0.3) is 17.0 Å². The minimum atomic E-state index is -0.684. The molecule has 7 heteroatoms. The number of methoxy groups -OCH3 is 1. The highest BCUT2D eigenvalue weighted by atomic mass is 16.5. The molecule has 1 aliphatic carbocycles. The van der Waals surface area contributed by atoms with Crippen molar-refractivity contribution < 1.29 is 24.1 Å². The number of para-hydroxylation sites is 2. The van der Waals surface area contributed by atoms with E-state index in [1.807, 2.05) is 48.5 Å². The minimum absolute atomic E-state index is 0.143. The summed E-state index contributed by atoms with van der Waals surface area (Å²) in [7, 11) is 1.61. The standard InChI is InChI=1S/C25H28N2O5/c1-30-22-10-4-5-11-23(22)31-14-13-26-15-18(29)16-32-24-12-6-9-21-25(24)19-7-2-3-8-20(19)27(21)17-28/h2,4-7,9-12,17-18,26,29H,3,8,13-16H2,1H3. The van der Waals surface area contributed by atoms with Crippen LogP contribution in [0.15, 0.2) is 48.5 Å². The van der Waals surface area contributed by atoms with Gasteiger partial charge in [0, 0.05) is 29.7 Å². The summed E-state index contributed by atoms with van der Waals surface area (Å²) >= 11 is 0. The first-order chi connectivity index (χ1) is 15.7. The van der Waals surface area contributed by atoms with Crippen molar-refractivity contribution in [2.75, 3.05) is 33.4 Å². The molecule has 168 valence electrons. The van der Waals surface area contributed by atoms with Gasteiger partial charge < -0.3 is 24.6 Å². The van der Waals surface area contributed by atoms with E-state index in [9.17, 15) is 9.90 Å². The zero-order valence-electron chi connectivity index (χ0n) is 18.1. The molecule has 1 atom stereocenters. The highest BCUT2D eigenvalue weighted by Crippen LogP contribution is 2.36. The number of rotatable bonds is 11. The van der Waals surface area contributed by atoms with E-state index in [1.165, 1.54) is 0 Å². The maximum atomic E-state index is 11.7. The Labute approximate surface area is 187 Å². The Morgan fingerprint density at radius 1 is 1.12 bits per heavy atom. The molecule has 3 aromatic rings. The largest absolute Gasteiger partial charge is 0.493 e. The van der Waals surface area contributed by atoms with Crippen LogP contribution in [0, 0.1) is 0 Å². The zero-order valence-corrected chi connectivity index (χ0v) is 18.1. The predicted octanol–water partition coefficient (Wildman–Crippen LogP) is 3.06. The summed E-state index contributed by atoms with van der Waals surface area (Å²) in [5, 5.41) is 14.4. The molecular weight excluding hydrogens is 408 g/mol. The van der Waals surface area contributed by atoms with Gasteiger partial charge in [-0.15, -0.1) is 0 Å². The smallest absolute Gasteiger partial charge is 0.218 e. The van der Waals surface area contributed by atoms with Crippen molar-refractivity contribution in [3.05, 3.63) is 59.8 Å². The first-order valence-electron chi connectivity index (χ1n) is 10.8. The Morgan fingerprint density at radius 2 is 1.94 bits per heavy atom. The van der Waals surface area contributed by atoms with E-state index in [0.29, 0.717) is 36.9 Å². The maximum Gasteiger partial charge on any atom is 0.218 e. The van der Waals surface area contributed by atoms with Crippen molar-refractivity contribution in [2.24, 2.45) is 0 Å². The minimum Gasteiger partial charge on any atom is -0.493 e. The van der Waals surface area contributed by atoms with Gasteiger partial charge in [0.05, 0.1) is 12.6 Å². The molecule has 0 amide bonds. The van der Waals surface area contributed by atoms with Crippen molar-refractivity contribution >= 4 is 23.4 Å². The second-order valence-electron chi connectivity index (χ2n) is 7.60. The summed E-state index contributed by atoms with van der Waals surface area (Å²) in [5.41, 5.74) is 2.86. The Balaban J connectivity index is 1.30. The molecule has 0 radical (unpaired) electrons. The number of benzene rings is 2. The third kappa shape index (κ3) is 4.64. The van der Waals surface area contributed by atoms with Gasteiger partial charge in [-0.2, -0.15) is 0 Å². The number of hydrogen-bond acceptors (Lipinski definition) is 6. The quantitative estimate of drug-likeness (QED) is 0.355. The summed E-state index contributed by atoms with van der Waals surface area (Å²) < 4.78 is 18.6. The lowest BCUT2D eigenvalue weighted by Crippen LogP contribution is -2.33. The number of carbonyl (C=O) groups is 1. The molecule has 0 bridgehead atoms. The number of aliphatic hydroxyl groups is 1. The Bertz CT molecular complexity index is 1110. The number of aromatic nitrogens is 1. The van der Waals surface area contributed by atoms with Crippen molar-refractivity contribution in [2.45, 2.75) is 18.9 Å². The van der Waals surface area contributed by atoms with Crippen LogP contribution in [0.5, 0.6) is 17.2 Å². The van der Waals surface area contributed by atoms with Crippen LogP contribution in [-0.4, -0.2) is 55.6 Å². The van der Waals surface area contributed by atoms with E-state index in [1.54, 1.807) is 11.7 Å². The molecule has 7 nitrogen and oxygen atoms in total. The summed E-state index contributed by atoms with van der Waals surface area (Å²) in [6.45, 7) is 1.54. The van der Waals surface area contributed by atoms with Crippen LogP contribution in [0.4, 0.5) is 0 Å². The number of aliphatic hydroxyl groups excluding tert-OH is 1. The van der Waals surface area contributed by atoms with Gasteiger partial charge in [0.25, 0.3) is 0 Å². The lowest BCUT2D eigenvalue weighted by Gasteiger charge is -2.15. The number of allylic oxidation sites excluding steroid dienone is 1. The van der Waals surface area contributed by atoms with Crippen molar-refractivity contribution in [1.29, 1.82) is 0 Å². The van der Waals surface area contributed by atoms with Crippen molar-refractivity contribution in [1.82, 2.24) is 9.88 Å². The molecule has 1 unspecified atom stereocenters. The fraction of sp³-hybridized carbons (Fsp3) is 0.320. The van der Waals surface area contributed by atoms with Crippen LogP contribution in [0.2, 0.25) is 0 Å². The number of carbonyl (C=O) groups excluding carboxylic acids is 1. The van der Waals surface area contributed by atoms with Gasteiger partial charge in [-0.1, -0.05) is 30.4 Å².